The fourth-order valence-corrected chi connectivity index (χ4v) is 1.44. The number of carbonyl (C=O) groups is 2. The molecule has 0 N–H and O–H groups in total. The van der Waals surface area contributed by atoms with Crippen LogP contribution in [0.25, 0.3) is 0 Å². The molecule has 0 aliphatic rings. The number of hydrogen-bond donors (Lipinski definition) is 0. The summed E-state index contributed by atoms with van der Waals surface area (Å²) >= 11 is 0. The normalized spacial score (nSPS) is 9.86. The van der Waals surface area contributed by atoms with E-state index in [1.54, 1.807) is 0 Å². The summed E-state index contributed by atoms with van der Waals surface area (Å²) in [4.78, 5) is 36.9. The van der Waals surface area contributed by atoms with Crippen molar-refractivity contribution in [1.29, 1.82) is 0 Å². The molecule has 2 rings (SSSR count). The minimum absolute atomic E-state index is 0.176. The molecule has 12 heteroatoms. The van der Waals surface area contributed by atoms with Crippen LogP contribution in [0.3, 0.4) is 0 Å². The Morgan fingerprint density at radius 3 is 1.64 bits per heavy atom. The van der Waals surface area contributed by atoms with Gasteiger partial charge < -0.3 is 18.5 Å². The Kier molecular flexibility index (Phi) is 5.32. The van der Waals surface area contributed by atoms with Crippen molar-refractivity contribution >= 4 is 20.6 Å². The average Bonchev–Trinajstić information content (AvgIpc) is 2.48. The lowest BCUT2D eigenvalue weighted by Crippen LogP contribution is -2.11. The first kappa shape index (κ1) is 15.3. The predicted octanol–water partition coefficient (Wildman–Crippen LogP) is 1.39. The summed E-state index contributed by atoms with van der Waals surface area (Å²) in [6, 6.07) is 0. The van der Waals surface area contributed by atoms with Crippen LogP contribution < -0.4 is 9.47 Å². The van der Waals surface area contributed by atoms with Gasteiger partial charge in [0.1, 0.15) is 0 Å². The van der Waals surface area contributed by atoms with Crippen molar-refractivity contribution in [2.45, 2.75) is 0 Å². The van der Waals surface area contributed by atoms with E-state index in [1.165, 1.54) is 24.8 Å². The minimum Gasteiger partial charge on any atom is -0.374 e. The number of hydrogen-bond acceptors (Lipinski definition) is 11. The molecule has 0 spiro atoms. The summed E-state index contributed by atoms with van der Waals surface area (Å²) < 4.78 is 28.8. The van der Waals surface area contributed by atoms with Crippen molar-refractivity contribution in [1.82, 2.24) is 19.9 Å². The van der Waals surface area contributed by atoms with Gasteiger partial charge in [0.15, 0.2) is 0 Å². The van der Waals surface area contributed by atoms with Gasteiger partial charge in [-0.15, -0.1) is 0 Å². The molecule has 0 saturated heterocycles. The highest BCUT2D eigenvalue weighted by Crippen LogP contribution is 2.25. The number of nitrogens with zero attached hydrogens (tertiary/aromatic N) is 4. The standard InChI is InChI=1S/C10H7N4O7P/c15-9(18-7-5-11-1-3-13-7)20-22(17)21-10(16)19-8-6-12-2-4-14-8/h1-6,22H. The molecule has 0 fully saturated rings. The second-order valence-electron chi connectivity index (χ2n) is 3.25. The van der Waals surface area contributed by atoms with E-state index in [-0.39, 0.29) is 11.8 Å². The smallest absolute Gasteiger partial charge is 0.374 e. The lowest BCUT2D eigenvalue weighted by atomic mass is 10.7. The molecule has 0 aromatic carbocycles. The Balaban J connectivity index is 1.77. The van der Waals surface area contributed by atoms with Crippen LogP contribution in [0.2, 0.25) is 0 Å². The maximum Gasteiger partial charge on any atom is 0.522 e. The largest absolute Gasteiger partial charge is 0.522 e. The van der Waals surface area contributed by atoms with Crippen LogP contribution in [-0.4, -0.2) is 32.2 Å². The van der Waals surface area contributed by atoms with E-state index >= 15 is 0 Å². The van der Waals surface area contributed by atoms with Crippen LogP contribution in [0.15, 0.2) is 37.2 Å². The molecule has 2 aromatic rings. The Morgan fingerprint density at radius 2 is 1.27 bits per heavy atom. The molecule has 0 aliphatic heterocycles. The third-order valence-electron chi connectivity index (χ3n) is 1.79. The summed E-state index contributed by atoms with van der Waals surface area (Å²) in [5.41, 5.74) is 0. The van der Waals surface area contributed by atoms with Crippen molar-refractivity contribution in [3.8, 4) is 11.8 Å². The van der Waals surface area contributed by atoms with Crippen LogP contribution in [0, 0.1) is 0 Å². The first-order valence-corrected chi connectivity index (χ1v) is 6.71. The summed E-state index contributed by atoms with van der Waals surface area (Å²) in [6.45, 7) is 0. The molecule has 0 bridgehead atoms. The van der Waals surface area contributed by atoms with Gasteiger partial charge in [0, 0.05) is 24.8 Å². The second-order valence-corrected chi connectivity index (χ2v) is 4.15. The van der Waals surface area contributed by atoms with Crippen LogP contribution in [0.1, 0.15) is 0 Å². The first-order chi connectivity index (χ1) is 10.6. The molecule has 0 radical (unpaired) electrons. The van der Waals surface area contributed by atoms with Crippen LogP contribution in [0.5, 0.6) is 11.8 Å². The zero-order valence-electron chi connectivity index (χ0n) is 10.6. The number of aromatic nitrogens is 4. The SMILES string of the molecule is O=C(Oc1cnccn1)O[PH](=O)OC(=O)Oc1cnccn1. The third-order valence-corrected chi connectivity index (χ3v) is 2.45. The fraction of sp³-hybridized carbons (Fsp3) is 0. The lowest BCUT2D eigenvalue weighted by Gasteiger charge is -2.05. The first-order valence-electron chi connectivity index (χ1n) is 5.49. The molecule has 11 nitrogen and oxygen atoms in total. The van der Waals surface area contributed by atoms with Crippen molar-refractivity contribution in [3.05, 3.63) is 37.2 Å². The van der Waals surface area contributed by atoms with E-state index in [4.69, 9.17) is 0 Å². The summed E-state index contributed by atoms with van der Waals surface area (Å²) in [7, 11) is -3.52. The maximum atomic E-state index is 11.3. The van der Waals surface area contributed by atoms with Gasteiger partial charge in [-0.25, -0.2) is 24.1 Å². The maximum absolute atomic E-state index is 11.3. The van der Waals surface area contributed by atoms with Gasteiger partial charge in [-0.1, -0.05) is 0 Å². The van der Waals surface area contributed by atoms with E-state index in [2.05, 4.69) is 38.5 Å². The van der Waals surface area contributed by atoms with Crippen molar-refractivity contribution in [2.75, 3.05) is 0 Å². The van der Waals surface area contributed by atoms with Crippen molar-refractivity contribution < 1.29 is 32.7 Å². The molecule has 0 aliphatic carbocycles. The monoisotopic (exact) mass is 326 g/mol. The lowest BCUT2D eigenvalue weighted by molar-refractivity contribution is 0.130. The molecule has 2 aromatic heterocycles. The van der Waals surface area contributed by atoms with Crippen LogP contribution in [0.4, 0.5) is 9.59 Å². The molecule has 0 amide bonds. The molecular formula is C10H7N4O7P. The molecule has 22 heavy (non-hydrogen) atoms. The molecule has 0 unspecified atom stereocenters. The Bertz CT molecular complexity index is 612. The van der Waals surface area contributed by atoms with E-state index < -0.39 is 20.6 Å². The predicted molar refractivity (Wildman–Crippen MR) is 67.3 cm³/mol. The van der Waals surface area contributed by atoms with Crippen LogP contribution >= 0.6 is 8.25 Å². The Hall–Kier alpha value is -3.07. The van der Waals surface area contributed by atoms with Gasteiger partial charge in [0.05, 0.1) is 12.4 Å². The average molecular weight is 326 g/mol. The van der Waals surface area contributed by atoms with Crippen molar-refractivity contribution in [2.24, 2.45) is 0 Å². The molecular weight excluding hydrogens is 319 g/mol. The Morgan fingerprint density at radius 1 is 0.818 bits per heavy atom. The molecule has 114 valence electrons. The Labute approximate surface area is 123 Å². The highest BCUT2D eigenvalue weighted by atomic mass is 31.1. The van der Waals surface area contributed by atoms with Gasteiger partial charge in [-0.2, -0.15) is 0 Å². The quantitative estimate of drug-likeness (QED) is 0.594. The van der Waals surface area contributed by atoms with Crippen LogP contribution in [-0.2, 0) is 13.6 Å². The highest BCUT2D eigenvalue weighted by Gasteiger charge is 2.17. The molecule has 0 saturated carbocycles. The zero-order valence-corrected chi connectivity index (χ0v) is 11.6. The summed E-state index contributed by atoms with van der Waals surface area (Å²) in [5.74, 6) is -0.353. The minimum atomic E-state index is -3.52. The summed E-state index contributed by atoms with van der Waals surface area (Å²) in [6.07, 6.45) is 4.73. The fourth-order valence-electron chi connectivity index (χ4n) is 1.05. The molecule has 2 heterocycles. The topological polar surface area (TPSA) is 140 Å². The van der Waals surface area contributed by atoms with E-state index in [0.717, 1.165) is 12.4 Å². The van der Waals surface area contributed by atoms with Crippen molar-refractivity contribution in [3.63, 3.8) is 0 Å². The van der Waals surface area contributed by atoms with Gasteiger partial charge in [0.25, 0.3) is 0 Å². The second kappa shape index (κ2) is 7.64. The number of carbonyl (C=O) groups excluding carboxylic acids is 2. The van der Waals surface area contributed by atoms with Gasteiger partial charge in [-0.05, 0) is 0 Å². The zero-order chi connectivity index (χ0) is 15.8. The van der Waals surface area contributed by atoms with E-state index in [0.29, 0.717) is 0 Å². The highest BCUT2D eigenvalue weighted by molar-refractivity contribution is 7.34. The molecule has 0 atom stereocenters. The van der Waals surface area contributed by atoms with Gasteiger partial charge >= 0.3 is 20.6 Å². The van der Waals surface area contributed by atoms with Gasteiger partial charge in [-0.3, -0.25) is 9.97 Å². The third kappa shape index (κ3) is 5.13. The van der Waals surface area contributed by atoms with E-state index in [9.17, 15) is 14.2 Å². The summed E-state index contributed by atoms with van der Waals surface area (Å²) in [5, 5.41) is 0. The van der Waals surface area contributed by atoms with Gasteiger partial charge in [0.2, 0.25) is 11.8 Å². The van der Waals surface area contributed by atoms with E-state index in [1.807, 2.05) is 0 Å². The number of rotatable bonds is 4. The number of ether oxygens (including phenoxy) is 2.